The van der Waals surface area contributed by atoms with Crippen molar-refractivity contribution in [3.05, 3.63) is 64.4 Å². The summed E-state index contributed by atoms with van der Waals surface area (Å²) in [6.07, 6.45) is 5.35. The summed E-state index contributed by atoms with van der Waals surface area (Å²) in [5, 5.41) is 3.12. The van der Waals surface area contributed by atoms with Crippen molar-refractivity contribution in [2.45, 2.75) is 25.4 Å². The van der Waals surface area contributed by atoms with Crippen molar-refractivity contribution >= 4 is 22.4 Å². The van der Waals surface area contributed by atoms with Gasteiger partial charge in [0.1, 0.15) is 11.3 Å². The van der Waals surface area contributed by atoms with Crippen molar-refractivity contribution in [3.63, 3.8) is 0 Å². The van der Waals surface area contributed by atoms with E-state index in [-0.39, 0.29) is 11.7 Å². The third-order valence-electron chi connectivity index (χ3n) is 5.25. The number of rotatable bonds is 4. The smallest absolute Gasteiger partial charge is 0.326 e. The van der Waals surface area contributed by atoms with Gasteiger partial charge in [-0.2, -0.15) is 0 Å². The summed E-state index contributed by atoms with van der Waals surface area (Å²) in [6, 6.07) is 10.1. The molecule has 0 unspecified atom stereocenters. The number of imidazole rings is 1. The van der Waals surface area contributed by atoms with Gasteiger partial charge in [-0.1, -0.05) is 12.1 Å². The Morgan fingerprint density at radius 3 is 2.89 bits per heavy atom. The molecule has 1 aliphatic heterocycles. The number of aromatic amines is 1. The number of hydrogen-bond acceptors (Lipinski definition) is 5. The van der Waals surface area contributed by atoms with Gasteiger partial charge in [0.2, 0.25) is 0 Å². The highest BCUT2D eigenvalue weighted by Crippen LogP contribution is 2.27. The monoisotopic (exact) mass is 380 g/mol. The zero-order valence-electron chi connectivity index (χ0n) is 14.8. The van der Waals surface area contributed by atoms with Crippen LogP contribution in [-0.2, 0) is 6.54 Å². The SMILES string of the molecule is O=c1[nH]c2ccccc2n1C1CCN(Cc2csc(-c3ccoc3)n2)CC1. The molecule has 1 N–H and O–H groups in total. The molecule has 1 aliphatic rings. The van der Waals surface area contributed by atoms with Crippen LogP contribution in [0, 0.1) is 0 Å². The van der Waals surface area contributed by atoms with E-state index in [1.54, 1.807) is 23.9 Å². The number of furan rings is 1. The number of thiazole rings is 1. The third kappa shape index (κ3) is 3.13. The molecule has 0 bridgehead atoms. The molecule has 7 heteroatoms. The Bertz CT molecular complexity index is 1100. The molecule has 27 heavy (non-hydrogen) atoms. The Labute approximate surface area is 160 Å². The number of benzene rings is 1. The van der Waals surface area contributed by atoms with Crippen molar-refractivity contribution in [1.29, 1.82) is 0 Å². The Balaban J connectivity index is 1.26. The molecule has 1 fully saturated rings. The first-order chi connectivity index (χ1) is 13.3. The normalized spacial score (nSPS) is 16.3. The Morgan fingerprint density at radius 1 is 1.22 bits per heavy atom. The van der Waals surface area contributed by atoms with Crippen molar-refractivity contribution in [1.82, 2.24) is 19.4 Å². The lowest BCUT2D eigenvalue weighted by atomic mass is 10.0. The minimum atomic E-state index is -0.00101. The maximum atomic E-state index is 12.4. The lowest BCUT2D eigenvalue weighted by Gasteiger charge is -2.32. The van der Waals surface area contributed by atoms with E-state index in [0.29, 0.717) is 0 Å². The number of likely N-dealkylation sites (tertiary alicyclic amines) is 1. The highest BCUT2D eigenvalue weighted by Gasteiger charge is 2.24. The summed E-state index contributed by atoms with van der Waals surface area (Å²) in [5.74, 6) is 0. The molecule has 6 nitrogen and oxygen atoms in total. The first-order valence-corrected chi connectivity index (χ1v) is 10.0. The predicted octanol–water partition coefficient (Wildman–Crippen LogP) is 3.88. The third-order valence-corrected chi connectivity index (χ3v) is 6.19. The number of fused-ring (bicyclic) bond motifs is 1. The molecule has 3 aromatic heterocycles. The molecule has 5 rings (SSSR count). The molecule has 4 heterocycles. The van der Waals surface area contributed by atoms with Crippen molar-refractivity contribution in [3.8, 4) is 10.6 Å². The van der Waals surface area contributed by atoms with E-state index in [1.165, 1.54) is 0 Å². The van der Waals surface area contributed by atoms with E-state index in [0.717, 1.165) is 59.8 Å². The molecule has 4 aromatic rings. The van der Waals surface area contributed by atoms with E-state index >= 15 is 0 Å². The molecule has 0 radical (unpaired) electrons. The highest BCUT2D eigenvalue weighted by atomic mass is 32.1. The minimum Gasteiger partial charge on any atom is -0.472 e. The van der Waals surface area contributed by atoms with Crippen LogP contribution in [0.25, 0.3) is 21.6 Å². The number of piperidine rings is 1. The van der Waals surface area contributed by atoms with E-state index in [1.807, 2.05) is 34.9 Å². The van der Waals surface area contributed by atoms with Gasteiger partial charge in [0.25, 0.3) is 0 Å². The number of aromatic nitrogens is 3. The van der Waals surface area contributed by atoms with Gasteiger partial charge in [-0.05, 0) is 31.0 Å². The Hall–Kier alpha value is -2.64. The van der Waals surface area contributed by atoms with Gasteiger partial charge in [-0.3, -0.25) is 9.47 Å². The number of H-pyrrole nitrogens is 1. The van der Waals surface area contributed by atoms with Gasteiger partial charge < -0.3 is 9.40 Å². The van der Waals surface area contributed by atoms with Crippen LogP contribution in [0.1, 0.15) is 24.6 Å². The van der Waals surface area contributed by atoms with Crippen LogP contribution >= 0.6 is 11.3 Å². The van der Waals surface area contributed by atoms with Crippen LogP contribution in [0.15, 0.2) is 57.4 Å². The predicted molar refractivity (Wildman–Crippen MR) is 106 cm³/mol. The van der Waals surface area contributed by atoms with E-state index in [2.05, 4.69) is 15.3 Å². The van der Waals surface area contributed by atoms with Gasteiger partial charge in [0, 0.05) is 36.6 Å². The van der Waals surface area contributed by atoms with Crippen LogP contribution in [0.4, 0.5) is 0 Å². The van der Waals surface area contributed by atoms with Gasteiger partial charge in [0.05, 0.1) is 23.0 Å². The standard InChI is InChI=1S/C20H20N4O2S/c25-20-22-17-3-1-2-4-18(17)24(20)16-5-8-23(9-6-16)11-15-13-27-19(21-15)14-7-10-26-12-14/h1-4,7,10,12-13,16H,5-6,8-9,11H2,(H,22,25). The summed E-state index contributed by atoms with van der Waals surface area (Å²) in [4.78, 5) is 22.5. The first kappa shape index (κ1) is 16.5. The van der Waals surface area contributed by atoms with Crippen LogP contribution < -0.4 is 5.69 Å². The van der Waals surface area contributed by atoms with Crippen LogP contribution in [-0.4, -0.2) is 32.5 Å². The maximum Gasteiger partial charge on any atom is 0.326 e. The fourth-order valence-electron chi connectivity index (χ4n) is 3.90. The number of para-hydroxylation sites is 2. The second-order valence-corrected chi connectivity index (χ2v) is 7.84. The van der Waals surface area contributed by atoms with Crippen molar-refractivity contribution < 1.29 is 4.42 Å². The molecule has 0 atom stereocenters. The molecule has 0 amide bonds. The number of nitrogens with zero attached hydrogens (tertiary/aromatic N) is 3. The number of hydrogen-bond donors (Lipinski definition) is 1. The fourth-order valence-corrected chi connectivity index (χ4v) is 4.70. The first-order valence-electron chi connectivity index (χ1n) is 9.16. The molecule has 138 valence electrons. The Kier molecular flexibility index (Phi) is 4.18. The fraction of sp³-hybridized carbons (Fsp3) is 0.300. The summed E-state index contributed by atoms with van der Waals surface area (Å²) in [6.45, 7) is 2.79. The van der Waals surface area contributed by atoms with E-state index in [9.17, 15) is 4.79 Å². The molecule has 1 aromatic carbocycles. The largest absolute Gasteiger partial charge is 0.472 e. The summed E-state index contributed by atoms with van der Waals surface area (Å²) >= 11 is 1.65. The maximum absolute atomic E-state index is 12.4. The molecule has 0 saturated carbocycles. The van der Waals surface area contributed by atoms with Crippen molar-refractivity contribution in [2.75, 3.05) is 13.1 Å². The van der Waals surface area contributed by atoms with Gasteiger partial charge in [-0.15, -0.1) is 11.3 Å². The average molecular weight is 380 g/mol. The van der Waals surface area contributed by atoms with Gasteiger partial charge >= 0.3 is 5.69 Å². The second-order valence-electron chi connectivity index (χ2n) is 6.98. The summed E-state index contributed by atoms with van der Waals surface area (Å²) in [7, 11) is 0. The van der Waals surface area contributed by atoms with E-state index < -0.39 is 0 Å². The highest BCUT2D eigenvalue weighted by molar-refractivity contribution is 7.13. The van der Waals surface area contributed by atoms with Crippen LogP contribution in [0.3, 0.4) is 0 Å². The van der Waals surface area contributed by atoms with E-state index in [4.69, 9.17) is 9.40 Å². The van der Waals surface area contributed by atoms with Gasteiger partial charge in [0.15, 0.2) is 0 Å². The van der Waals surface area contributed by atoms with Gasteiger partial charge in [-0.25, -0.2) is 9.78 Å². The average Bonchev–Trinajstić information content (AvgIpc) is 3.41. The zero-order chi connectivity index (χ0) is 18.2. The Morgan fingerprint density at radius 2 is 2.07 bits per heavy atom. The molecular weight excluding hydrogens is 360 g/mol. The quantitative estimate of drug-likeness (QED) is 0.583. The molecule has 0 aliphatic carbocycles. The topological polar surface area (TPSA) is 67.1 Å². The van der Waals surface area contributed by atoms with Crippen LogP contribution in [0.5, 0.6) is 0 Å². The molecular formula is C20H20N4O2S. The summed E-state index contributed by atoms with van der Waals surface area (Å²) < 4.78 is 7.08. The zero-order valence-corrected chi connectivity index (χ0v) is 15.6. The summed E-state index contributed by atoms with van der Waals surface area (Å²) in [5.41, 5.74) is 4.05. The van der Waals surface area contributed by atoms with Crippen molar-refractivity contribution in [2.24, 2.45) is 0 Å². The minimum absolute atomic E-state index is 0.00101. The molecule has 1 saturated heterocycles. The number of nitrogens with one attached hydrogen (secondary N) is 1. The second kappa shape index (κ2) is 6.83. The lowest BCUT2D eigenvalue weighted by Crippen LogP contribution is -2.36. The molecule has 0 spiro atoms. The lowest BCUT2D eigenvalue weighted by molar-refractivity contribution is 0.178. The van der Waals surface area contributed by atoms with Crippen LogP contribution in [0.2, 0.25) is 0 Å².